The third kappa shape index (κ3) is 0.601. The third-order valence-corrected chi connectivity index (χ3v) is 2.75. The van der Waals surface area contributed by atoms with Crippen molar-refractivity contribution in [3.63, 3.8) is 0 Å². The lowest BCUT2D eigenvalue weighted by atomic mass is 9.65. The van der Waals surface area contributed by atoms with E-state index in [0.717, 1.165) is 19.4 Å². The fraction of sp³-hybridized carbons (Fsp3) is 0.875. The molecule has 1 saturated carbocycles. The van der Waals surface area contributed by atoms with Crippen LogP contribution in [0.15, 0.2) is 0 Å². The second kappa shape index (κ2) is 2.06. The Hall–Kier alpha value is -0.370. The maximum Gasteiger partial charge on any atom is 0.165 e. The van der Waals surface area contributed by atoms with Crippen LogP contribution in [0, 0.1) is 11.8 Å². The monoisotopic (exact) mass is 140 g/mol. The van der Waals surface area contributed by atoms with E-state index in [0.29, 0.717) is 17.6 Å². The highest BCUT2D eigenvalue weighted by molar-refractivity contribution is 5.92. The predicted molar refractivity (Wildman–Crippen MR) is 36.6 cm³/mol. The molecule has 0 aromatic rings. The number of ketones is 1. The lowest BCUT2D eigenvalue weighted by Gasteiger charge is -2.46. The summed E-state index contributed by atoms with van der Waals surface area (Å²) < 4.78 is 5.31. The molecule has 1 aliphatic carbocycles. The summed E-state index contributed by atoms with van der Waals surface area (Å²) in [5.41, 5.74) is 0. The minimum atomic E-state index is -0.0104. The van der Waals surface area contributed by atoms with Gasteiger partial charge >= 0.3 is 0 Å². The molecule has 2 aliphatic heterocycles. The predicted octanol–water partition coefficient (Wildman–Crippen LogP) is 1.00. The molecule has 0 aromatic heterocycles. The van der Waals surface area contributed by atoms with Crippen LogP contribution in [0.5, 0.6) is 0 Å². The molecule has 0 radical (unpaired) electrons. The molecular formula is C8H12O2. The SMILES string of the molecule is CC[C@@H]1[C@@H]2CCO[C@H]1C2=O. The summed E-state index contributed by atoms with van der Waals surface area (Å²) in [5.74, 6) is 1.28. The van der Waals surface area contributed by atoms with Gasteiger partial charge in [0, 0.05) is 18.4 Å². The minimum absolute atomic E-state index is 0.0104. The fourth-order valence-corrected chi connectivity index (χ4v) is 2.11. The van der Waals surface area contributed by atoms with E-state index in [1.165, 1.54) is 0 Å². The summed E-state index contributed by atoms with van der Waals surface area (Å²) in [6, 6.07) is 0. The van der Waals surface area contributed by atoms with E-state index in [-0.39, 0.29) is 6.10 Å². The molecule has 56 valence electrons. The van der Waals surface area contributed by atoms with E-state index in [2.05, 4.69) is 6.92 Å². The number of fused-ring (bicyclic) bond motifs is 2. The highest BCUT2D eigenvalue weighted by Crippen LogP contribution is 2.41. The smallest absolute Gasteiger partial charge is 0.165 e. The normalized spacial score (nSPS) is 44.9. The molecule has 3 rings (SSSR count). The molecule has 0 unspecified atom stereocenters. The number of ether oxygens (including phenoxy) is 1. The fourth-order valence-electron chi connectivity index (χ4n) is 2.11. The molecule has 2 bridgehead atoms. The van der Waals surface area contributed by atoms with E-state index >= 15 is 0 Å². The van der Waals surface area contributed by atoms with Crippen molar-refractivity contribution >= 4 is 5.78 Å². The lowest BCUT2D eigenvalue weighted by Crippen LogP contribution is -2.57. The molecule has 2 heteroatoms. The third-order valence-electron chi connectivity index (χ3n) is 2.75. The summed E-state index contributed by atoms with van der Waals surface area (Å²) in [6.45, 7) is 2.93. The molecule has 2 heterocycles. The standard InChI is InChI=1S/C8H12O2/c1-2-5-6-3-4-10-8(5)7(6)9/h5-6,8H,2-4H2,1H3/t5-,6+,8-/m1/s1. The van der Waals surface area contributed by atoms with Gasteiger partial charge in [0.2, 0.25) is 0 Å². The number of hydrogen-bond acceptors (Lipinski definition) is 2. The van der Waals surface area contributed by atoms with Crippen molar-refractivity contribution in [1.82, 2.24) is 0 Å². The van der Waals surface area contributed by atoms with Crippen molar-refractivity contribution in [2.24, 2.45) is 11.8 Å². The van der Waals surface area contributed by atoms with E-state index in [1.54, 1.807) is 0 Å². The highest BCUT2D eigenvalue weighted by Gasteiger charge is 2.51. The summed E-state index contributed by atoms with van der Waals surface area (Å²) >= 11 is 0. The van der Waals surface area contributed by atoms with Crippen molar-refractivity contribution in [2.75, 3.05) is 6.61 Å². The zero-order valence-electron chi connectivity index (χ0n) is 6.17. The maximum absolute atomic E-state index is 11.1. The van der Waals surface area contributed by atoms with Crippen molar-refractivity contribution < 1.29 is 9.53 Å². The van der Waals surface area contributed by atoms with Crippen LogP contribution in [-0.4, -0.2) is 18.5 Å². The quantitative estimate of drug-likeness (QED) is 0.543. The molecule has 3 fully saturated rings. The topological polar surface area (TPSA) is 26.3 Å². The maximum atomic E-state index is 11.1. The van der Waals surface area contributed by atoms with Crippen LogP contribution in [0.3, 0.4) is 0 Å². The van der Waals surface area contributed by atoms with Gasteiger partial charge in [0.05, 0.1) is 0 Å². The Morgan fingerprint density at radius 3 is 2.80 bits per heavy atom. The van der Waals surface area contributed by atoms with Gasteiger partial charge < -0.3 is 4.74 Å². The molecule has 10 heavy (non-hydrogen) atoms. The number of carbonyl (C=O) groups excluding carboxylic acids is 1. The first kappa shape index (κ1) is 6.35. The van der Waals surface area contributed by atoms with Crippen LogP contribution in [-0.2, 0) is 9.53 Å². The van der Waals surface area contributed by atoms with Gasteiger partial charge in [0.1, 0.15) is 6.10 Å². The summed E-state index contributed by atoms with van der Waals surface area (Å²) in [7, 11) is 0. The van der Waals surface area contributed by atoms with Gasteiger partial charge in [0.25, 0.3) is 0 Å². The lowest BCUT2D eigenvalue weighted by molar-refractivity contribution is -0.176. The molecule has 3 atom stereocenters. The Bertz CT molecular complexity index is 151. The molecule has 3 aliphatic rings. The Kier molecular flexibility index (Phi) is 1.31. The van der Waals surface area contributed by atoms with Crippen molar-refractivity contribution in [1.29, 1.82) is 0 Å². The first-order valence-electron chi connectivity index (χ1n) is 4.00. The van der Waals surface area contributed by atoms with Crippen LogP contribution < -0.4 is 0 Å². The minimum Gasteiger partial charge on any atom is -0.370 e. The van der Waals surface area contributed by atoms with E-state index in [9.17, 15) is 4.79 Å². The number of hydrogen-bond donors (Lipinski definition) is 0. The molecule has 0 N–H and O–H groups in total. The Morgan fingerprint density at radius 1 is 1.70 bits per heavy atom. The van der Waals surface area contributed by atoms with Crippen LogP contribution in [0.4, 0.5) is 0 Å². The first-order chi connectivity index (χ1) is 4.84. The first-order valence-corrected chi connectivity index (χ1v) is 4.00. The average Bonchev–Trinajstić information content (AvgIpc) is 2.02. The van der Waals surface area contributed by atoms with Gasteiger partial charge in [-0.05, 0) is 12.8 Å². The van der Waals surface area contributed by atoms with Gasteiger partial charge in [-0.2, -0.15) is 0 Å². The molecule has 0 spiro atoms. The van der Waals surface area contributed by atoms with Gasteiger partial charge in [-0.3, -0.25) is 4.79 Å². The Morgan fingerprint density at radius 2 is 2.50 bits per heavy atom. The second-order valence-corrected chi connectivity index (χ2v) is 3.16. The molecule has 0 amide bonds. The van der Waals surface area contributed by atoms with E-state index < -0.39 is 0 Å². The van der Waals surface area contributed by atoms with Gasteiger partial charge in [-0.25, -0.2) is 0 Å². The van der Waals surface area contributed by atoms with Crippen molar-refractivity contribution in [2.45, 2.75) is 25.9 Å². The summed E-state index contributed by atoms with van der Waals surface area (Å²) in [4.78, 5) is 11.1. The van der Waals surface area contributed by atoms with E-state index in [4.69, 9.17) is 4.74 Å². The van der Waals surface area contributed by atoms with E-state index in [1.807, 2.05) is 0 Å². The number of Topliss-reactive ketones (excluding diaryl/α,β-unsaturated/α-hetero) is 1. The Labute approximate surface area is 60.6 Å². The molecule has 0 aromatic carbocycles. The number of rotatable bonds is 1. The van der Waals surface area contributed by atoms with Crippen LogP contribution in [0.25, 0.3) is 0 Å². The van der Waals surface area contributed by atoms with Gasteiger partial charge in [-0.1, -0.05) is 6.92 Å². The Balaban J connectivity index is 2.10. The van der Waals surface area contributed by atoms with Crippen molar-refractivity contribution in [3.05, 3.63) is 0 Å². The van der Waals surface area contributed by atoms with Gasteiger partial charge in [0.15, 0.2) is 5.78 Å². The van der Waals surface area contributed by atoms with Crippen LogP contribution >= 0.6 is 0 Å². The molecule has 2 nitrogen and oxygen atoms in total. The summed E-state index contributed by atoms with van der Waals surface area (Å²) in [5, 5.41) is 0. The zero-order valence-corrected chi connectivity index (χ0v) is 6.17. The molecule has 2 saturated heterocycles. The second-order valence-electron chi connectivity index (χ2n) is 3.16. The van der Waals surface area contributed by atoms with Crippen LogP contribution in [0.2, 0.25) is 0 Å². The molecular weight excluding hydrogens is 128 g/mol. The zero-order chi connectivity index (χ0) is 7.14. The largest absolute Gasteiger partial charge is 0.370 e. The van der Waals surface area contributed by atoms with Crippen molar-refractivity contribution in [3.8, 4) is 0 Å². The van der Waals surface area contributed by atoms with Gasteiger partial charge in [-0.15, -0.1) is 0 Å². The average molecular weight is 140 g/mol. The number of carbonyl (C=O) groups is 1. The highest BCUT2D eigenvalue weighted by atomic mass is 16.5. The van der Waals surface area contributed by atoms with Crippen LogP contribution in [0.1, 0.15) is 19.8 Å². The summed E-state index contributed by atoms with van der Waals surface area (Å²) in [6.07, 6.45) is 2.05.